The lowest BCUT2D eigenvalue weighted by Gasteiger charge is -2.42. The van der Waals surface area contributed by atoms with Gasteiger partial charge in [0.1, 0.15) is 0 Å². The Labute approximate surface area is 148 Å². The van der Waals surface area contributed by atoms with E-state index in [9.17, 15) is 21.6 Å². The molecule has 0 spiro atoms. The average molecular weight is 386 g/mol. The number of nitrogens with zero attached hydrogens (tertiary/aromatic N) is 2. The molecule has 2 aliphatic heterocycles. The Kier molecular flexibility index (Phi) is 4.91. The third kappa shape index (κ3) is 4.04. The molecule has 1 aromatic rings. The summed E-state index contributed by atoms with van der Waals surface area (Å²) in [5.74, 6) is -0.502. The second kappa shape index (κ2) is 6.69. The molecular formula is C16H22N2O5S2. The first kappa shape index (κ1) is 18.3. The molecule has 0 radical (unpaired) electrons. The molecule has 2 saturated heterocycles. The van der Waals surface area contributed by atoms with E-state index in [1.807, 2.05) is 30.3 Å². The molecule has 2 fully saturated rings. The number of hydrogen-bond acceptors (Lipinski definition) is 5. The number of hydrogen-bond donors (Lipinski definition) is 0. The van der Waals surface area contributed by atoms with Crippen LogP contribution in [0.5, 0.6) is 0 Å². The zero-order chi connectivity index (χ0) is 18.2. The first-order valence-electron chi connectivity index (χ1n) is 8.18. The summed E-state index contributed by atoms with van der Waals surface area (Å²) < 4.78 is 49.3. The van der Waals surface area contributed by atoms with E-state index in [0.29, 0.717) is 6.42 Å². The summed E-state index contributed by atoms with van der Waals surface area (Å²) in [4.78, 5) is 14.2. The molecule has 0 bridgehead atoms. The maximum atomic E-state index is 12.6. The van der Waals surface area contributed by atoms with Crippen molar-refractivity contribution in [1.82, 2.24) is 9.21 Å². The van der Waals surface area contributed by atoms with Crippen LogP contribution in [0.4, 0.5) is 0 Å². The van der Waals surface area contributed by atoms with Crippen LogP contribution in [-0.2, 0) is 31.1 Å². The van der Waals surface area contributed by atoms with E-state index < -0.39 is 31.9 Å². The fourth-order valence-electron chi connectivity index (χ4n) is 3.68. The molecule has 25 heavy (non-hydrogen) atoms. The van der Waals surface area contributed by atoms with E-state index in [2.05, 4.69) is 0 Å². The van der Waals surface area contributed by atoms with Crippen molar-refractivity contribution in [2.45, 2.75) is 24.9 Å². The highest BCUT2D eigenvalue weighted by Gasteiger charge is 2.50. The van der Waals surface area contributed by atoms with Crippen molar-refractivity contribution >= 4 is 25.8 Å². The zero-order valence-electron chi connectivity index (χ0n) is 14.0. The molecule has 0 saturated carbocycles. The van der Waals surface area contributed by atoms with E-state index in [4.69, 9.17) is 0 Å². The minimum absolute atomic E-state index is 0.121. The summed E-state index contributed by atoms with van der Waals surface area (Å²) in [5.41, 5.74) is 1.04. The number of sulfonamides is 1. The monoisotopic (exact) mass is 386 g/mol. The van der Waals surface area contributed by atoms with Crippen molar-refractivity contribution in [3.05, 3.63) is 35.9 Å². The first-order chi connectivity index (χ1) is 11.7. The Balaban J connectivity index is 1.75. The largest absolute Gasteiger partial charge is 0.336 e. The molecule has 2 aliphatic rings. The molecule has 138 valence electrons. The molecule has 1 aromatic carbocycles. The molecule has 1 amide bonds. The first-order valence-corrected chi connectivity index (χ1v) is 11.8. The minimum atomic E-state index is -3.50. The number of fused-ring (bicyclic) bond motifs is 1. The normalized spacial score (nSPS) is 26.4. The topological polar surface area (TPSA) is 91.8 Å². The number of sulfone groups is 1. The fraction of sp³-hybridized carbons (Fsp3) is 0.562. The number of piperazine rings is 1. The lowest BCUT2D eigenvalue weighted by molar-refractivity contribution is -0.135. The van der Waals surface area contributed by atoms with Gasteiger partial charge in [0, 0.05) is 19.5 Å². The summed E-state index contributed by atoms with van der Waals surface area (Å²) in [5, 5.41) is 0. The third-order valence-electron chi connectivity index (χ3n) is 4.84. The van der Waals surface area contributed by atoms with E-state index >= 15 is 0 Å². The number of rotatable bonds is 4. The van der Waals surface area contributed by atoms with Gasteiger partial charge in [-0.15, -0.1) is 0 Å². The fourth-order valence-corrected chi connectivity index (χ4v) is 6.88. The van der Waals surface area contributed by atoms with E-state index in [0.717, 1.165) is 11.8 Å². The Morgan fingerprint density at radius 2 is 1.76 bits per heavy atom. The van der Waals surface area contributed by atoms with Gasteiger partial charge in [-0.3, -0.25) is 4.79 Å². The minimum Gasteiger partial charge on any atom is -0.336 e. The van der Waals surface area contributed by atoms with E-state index in [1.54, 1.807) is 4.90 Å². The highest BCUT2D eigenvalue weighted by molar-refractivity contribution is 7.92. The Hall–Kier alpha value is -1.45. The average Bonchev–Trinajstić information content (AvgIpc) is 2.86. The van der Waals surface area contributed by atoms with Crippen LogP contribution >= 0.6 is 0 Å². The highest BCUT2D eigenvalue weighted by atomic mass is 32.2. The van der Waals surface area contributed by atoms with Crippen LogP contribution in [-0.4, -0.2) is 74.9 Å². The van der Waals surface area contributed by atoms with Crippen LogP contribution in [0.2, 0.25) is 0 Å². The second-order valence-corrected chi connectivity index (χ2v) is 10.7. The van der Waals surface area contributed by atoms with Gasteiger partial charge in [-0.2, -0.15) is 4.31 Å². The lowest BCUT2D eigenvalue weighted by Crippen LogP contribution is -2.61. The van der Waals surface area contributed by atoms with Gasteiger partial charge in [0.25, 0.3) is 0 Å². The van der Waals surface area contributed by atoms with Gasteiger partial charge in [0.2, 0.25) is 15.9 Å². The second-order valence-electron chi connectivity index (χ2n) is 6.66. The van der Waals surface area contributed by atoms with Crippen molar-refractivity contribution in [2.75, 3.05) is 30.9 Å². The number of amides is 1. The maximum absolute atomic E-state index is 12.6. The maximum Gasteiger partial charge on any atom is 0.223 e. The summed E-state index contributed by atoms with van der Waals surface area (Å²) in [7, 11) is -6.86. The molecule has 9 heteroatoms. The lowest BCUT2D eigenvalue weighted by atomic mass is 10.0. The predicted molar refractivity (Wildman–Crippen MR) is 94.3 cm³/mol. The van der Waals surface area contributed by atoms with Gasteiger partial charge in [0.15, 0.2) is 9.84 Å². The van der Waals surface area contributed by atoms with Crippen LogP contribution in [0, 0.1) is 0 Å². The van der Waals surface area contributed by atoms with Gasteiger partial charge < -0.3 is 4.90 Å². The summed E-state index contributed by atoms with van der Waals surface area (Å²) in [6, 6.07) is 8.35. The standard InChI is InChI=1S/C16H22N2O5S2/c1-24(20,21)18-10-9-17(14-11-25(22,23)12-15(14)18)16(19)8-7-13-5-3-2-4-6-13/h2-6,14-15H,7-12H2,1H3/t14-,15+/m0/s1. The van der Waals surface area contributed by atoms with Crippen molar-refractivity contribution in [3.8, 4) is 0 Å². The molecule has 0 aliphatic carbocycles. The molecule has 3 rings (SSSR count). The van der Waals surface area contributed by atoms with Crippen LogP contribution in [0.3, 0.4) is 0 Å². The van der Waals surface area contributed by atoms with E-state index in [1.165, 1.54) is 4.31 Å². The molecule has 2 atom stereocenters. The van der Waals surface area contributed by atoms with Gasteiger partial charge in [-0.05, 0) is 12.0 Å². The van der Waals surface area contributed by atoms with E-state index in [-0.39, 0.29) is 36.9 Å². The van der Waals surface area contributed by atoms with Crippen molar-refractivity contribution < 1.29 is 21.6 Å². The molecule has 0 aromatic heterocycles. The van der Waals surface area contributed by atoms with Crippen LogP contribution < -0.4 is 0 Å². The van der Waals surface area contributed by atoms with Gasteiger partial charge in [-0.25, -0.2) is 16.8 Å². The van der Waals surface area contributed by atoms with Gasteiger partial charge in [-0.1, -0.05) is 30.3 Å². The highest BCUT2D eigenvalue weighted by Crippen LogP contribution is 2.29. The summed E-state index contributed by atoms with van der Waals surface area (Å²) >= 11 is 0. The number of benzene rings is 1. The van der Waals surface area contributed by atoms with Crippen LogP contribution in [0.15, 0.2) is 30.3 Å². The molecule has 0 N–H and O–H groups in total. The SMILES string of the molecule is CS(=O)(=O)N1CCN(C(=O)CCc2ccccc2)[C@H]2CS(=O)(=O)C[C@H]21. The van der Waals surface area contributed by atoms with Crippen molar-refractivity contribution in [1.29, 1.82) is 0 Å². The predicted octanol–water partition coefficient (Wildman–Crippen LogP) is -0.111. The number of carbonyl (C=O) groups is 1. The molecule has 0 unspecified atom stereocenters. The number of carbonyl (C=O) groups excluding carboxylic acids is 1. The third-order valence-corrected chi connectivity index (χ3v) is 7.85. The zero-order valence-corrected chi connectivity index (χ0v) is 15.7. The van der Waals surface area contributed by atoms with Crippen molar-refractivity contribution in [2.24, 2.45) is 0 Å². The Bertz CT molecular complexity index is 852. The van der Waals surface area contributed by atoms with Crippen LogP contribution in [0.1, 0.15) is 12.0 Å². The van der Waals surface area contributed by atoms with Gasteiger partial charge >= 0.3 is 0 Å². The van der Waals surface area contributed by atoms with Crippen LogP contribution in [0.25, 0.3) is 0 Å². The molecule has 7 nitrogen and oxygen atoms in total. The van der Waals surface area contributed by atoms with Crippen molar-refractivity contribution in [3.63, 3.8) is 0 Å². The number of aryl methyl sites for hydroxylation is 1. The summed E-state index contributed by atoms with van der Waals surface area (Å²) in [6.07, 6.45) is 1.95. The smallest absolute Gasteiger partial charge is 0.223 e. The Morgan fingerprint density at radius 3 is 2.40 bits per heavy atom. The van der Waals surface area contributed by atoms with Gasteiger partial charge in [0.05, 0.1) is 29.8 Å². The summed E-state index contributed by atoms with van der Waals surface area (Å²) in [6.45, 7) is 0.379. The quantitative estimate of drug-likeness (QED) is 0.720. The molecule has 2 heterocycles. The molecular weight excluding hydrogens is 364 g/mol. The Morgan fingerprint density at radius 1 is 1.12 bits per heavy atom.